The second-order valence-corrected chi connectivity index (χ2v) is 6.14. The number of rotatable bonds is 4. The highest BCUT2D eigenvalue weighted by Crippen LogP contribution is 2.31. The number of benzene rings is 2. The van der Waals surface area contributed by atoms with Crippen molar-refractivity contribution < 1.29 is 9.90 Å². The molecular formula is C18H13ClN6O2. The lowest BCUT2D eigenvalue weighted by molar-refractivity contribution is 0.100. The highest BCUT2D eigenvalue weighted by atomic mass is 35.5. The fraction of sp³-hybridized carbons (Fsp3) is 0.0556. The average Bonchev–Trinajstić information content (AvgIpc) is 3.17. The molecule has 0 radical (unpaired) electrons. The van der Waals surface area contributed by atoms with E-state index >= 15 is 0 Å². The predicted molar refractivity (Wildman–Crippen MR) is 99.6 cm³/mol. The highest BCUT2D eigenvalue weighted by molar-refractivity contribution is 6.30. The van der Waals surface area contributed by atoms with Crippen molar-refractivity contribution in [3.05, 3.63) is 65.4 Å². The number of carbonyl (C=O) groups excluding carboxylic acids is 1. The first kappa shape index (κ1) is 16.9. The summed E-state index contributed by atoms with van der Waals surface area (Å²) in [6.45, 7) is 1.37. The molecule has 4 rings (SSSR count). The van der Waals surface area contributed by atoms with Gasteiger partial charge in [0.2, 0.25) is 17.4 Å². The first-order chi connectivity index (χ1) is 13.0. The summed E-state index contributed by atoms with van der Waals surface area (Å²) in [5.41, 5.74) is 1.19. The quantitative estimate of drug-likeness (QED) is 0.416. The van der Waals surface area contributed by atoms with Crippen molar-refractivity contribution in [2.45, 2.75) is 6.92 Å². The maximum Gasteiger partial charge on any atom is 0.261 e. The molecule has 2 heterocycles. The lowest BCUT2D eigenvalue weighted by Gasteiger charge is -2.00. The fourth-order valence-electron chi connectivity index (χ4n) is 2.61. The number of ketones is 1. The monoisotopic (exact) mass is 380 g/mol. The second-order valence-electron chi connectivity index (χ2n) is 5.70. The summed E-state index contributed by atoms with van der Waals surface area (Å²) >= 11 is 6.05. The van der Waals surface area contributed by atoms with Crippen molar-refractivity contribution in [2.75, 3.05) is 0 Å². The molecule has 0 atom stereocenters. The number of carbonyl (C=O) groups is 1. The molecular weight excluding hydrogens is 368 g/mol. The van der Waals surface area contributed by atoms with Gasteiger partial charge in [-0.3, -0.25) is 4.79 Å². The van der Waals surface area contributed by atoms with E-state index in [4.69, 9.17) is 11.6 Å². The predicted octanol–water partition coefficient (Wildman–Crippen LogP) is 4.50. The van der Waals surface area contributed by atoms with Crippen LogP contribution in [0.25, 0.3) is 11.5 Å². The van der Waals surface area contributed by atoms with E-state index in [0.29, 0.717) is 16.4 Å². The number of azo groups is 1. The minimum absolute atomic E-state index is 0.0207. The number of imidazole rings is 1. The molecule has 0 unspecified atom stereocenters. The Bertz CT molecular complexity index is 1180. The minimum Gasteiger partial charge on any atom is -0.491 e. The summed E-state index contributed by atoms with van der Waals surface area (Å²) in [7, 11) is 0. The molecule has 0 spiro atoms. The number of aromatic nitrogens is 4. The Morgan fingerprint density at radius 3 is 2.59 bits per heavy atom. The fourth-order valence-corrected chi connectivity index (χ4v) is 2.79. The zero-order valence-corrected chi connectivity index (χ0v) is 14.9. The number of halogens is 1. The number of Topliss-reactive ketones (excluding diaryl/α,β-unsaturated/α-hetero) is 1. The first-order valence-corrected chi connectivity index (χ1v) is 8.36. The minimum atomic E-state index is -0.356. The third kappa shape index (κ3) is 3.06. The largest absolute Gasteiger partial charge is 0.491 e. The van der Waals surface area contributed by atoms with Gasteiger partial charge in [0.1, 0.15) is 0 Å². The van der Waals surface area contributed by atoms with Crippen LogP contribution in [0.4, 0.5) is 11.5 Å². The Kier molecular flexibility index (Phi) is 4.17. The van der Waals surface area contributed by atoms with Crippen LogP contribution in [-0.4, -0.2) is 30.1 Å². The summed E-state index contributed by atoms with van der Waals surface area (Å²) in [6.07, 6.45) is 0. The molecule has 9 heteroatoms. The van der Waals surface area contributed by atoms with Gasteiger partial charge in [-0.2, -0.15) is 9.67 Å². The zero-order valence-electron chi connectivity index (χ0n) is 14.1. The van der Waals surface area contributed by atoms with Crippen molar-refractivity contribution >= 4 is 34.7 Å². The molecule has 4 aromatic rings. The zero-order chi connectivity index (χ0) is 19.0. The molecule has 0 amide bonds. The molecule has 134 valence electrons. The Balaban J connectivity index is 1.92. The highest BCUT2D eigenvalue weighted by Gasteiger charge is 2.23. The lowest BCUT2D eigenvalue weighted by Crippen LogP contribution is -2.01. The van der Waals surface area contributed by atoms with Gasteiger partial charge in [-0.1, -0.05) is 35.9 Å². The van der Waals surface area contributed by atoms with Gasteiger partial charge in [0.25, 0.3) is 5.88 Å². The third-order valence-corrected chi connectivity index (χ3v) is 4.03. The van der Waals surface area contributed by atoms with E-state index in [9.17, 15) is 9.90 Å². The summed E-state index contributed by atoms with van der Waals surface area (Å²) in [4.78, 5) is 16.2. The summed E-state index contributed by atoms with van der Waals surface area (Å²) < 4.78 is 2.79. The molecule has 0 aliphatic heterocycles. The molecule has 0 aliphatic carbocycles. The van der Waals surface area contributed by atoms with Crippen LogP contribution in [0.2, 0.25) is 5.02 Å². The average molecular weight is 381 g/mol. The van der Waals surface area contributed by atoms with Gasteiger partial charge in [-0.15, -0.1) is 15.3 Å². The Morgan fingerprint density at radius 2 is 1.89 bits per heavy atom. The number of aromatic hydroxyl groups is 1. The van der Waals surface area contributed by atoms with Gasteiger partial charge < -0.3 is 5.11 Å². The normalized spacial score (nSPS) is 11.5. The van der Waals surface area contributed by atoms with Crippen LogP contribution in [0.1, 0.15) is 17.5 Å². The van der Waals surface area contributed by atoms with E-state index in [1.165, 1.54) is 16.0 Å². The van der Waals surface area contributed by atoms with Crippen molar-refractivity contribution in [2.24, 2.45) is 10.2 Å². The third-order valence-electron chi connectivity index (χ3n) is 3.80. The van der Waals surface area contributed by atoms with E-state index in [2.05, 4.69) is 20.3 Å². The topological polar surface area (TPSA) is 97.1 Å². The van der Waals surface area contributed by atoms with Crippen LogP contribution in [-0.2, 0) is 0 Å². The molecule has 2 aromatic carbocycles. The molecule has 0 fully saturated rings. The van der Waals surface area contributed by atoms with Crippen LogP contribution >= 0.6 is 11.6 Å². The van der Waals surface area contributed by atoms with Crippen LogP contribution in [0.15, 0.2) is 64.8 Å². The van der Waals surface area contributed by atoms with Crippen LogP contribution < -0.4 is 0 Å². The van der Waals surface area contributed by atoms with E-state index in [-0.39, 0.29) is 29.1 Å². The van der Waals surface area contributed by atoms with Gasteiger partial charge in [0.05, 0.1) is 11.4 Å². The molecule has 1 N–H and O–H groups in total. The molecule has 27 heavy (non-hydrogen) atoms. The Morgan fingerprint density at radius 1 is 1.11 bits per heavy atom. The number of hydrogen-bond acceptors (Lipinski definition) is 6. The van der Waals surface area contributed by atoms with E-state index in [0.717, 1.165) is 0 Å². The van der Waals surface area contributed by atoms with Gasteiger partial charge in [-0.05, 0) is 30.3 Å². The van der Waals surface area contributed by atoms with Gasteiger partial charge >= 0.3 is 0 Å². The van der Waals surface area contributed by atoms with E-state index in [1.807, 2.05) is 18.2 Å². The van der Waals surface area contributed by atoms with Crippen LogP contribution in [0.3, 0.4) is 0 Å². The molecule has 0 saturated heterocycles. The van der Waals surface area contributed by atoms with Crippen molar-refractivity contribution in [1.82, 2.24) is 19.2 Å². The molecule has 2 aromatic heterocycles. The molecule has 0 aliphatic rings. The second kappa shape index (κ2) is 6.65. The molecule has 0 bridgehead atoms. The molecule has 0 saturated carbocycles. The van der Waals surface area contributed by atoms with Gasteiger partial charge in [-0.25, -0.2) is 4.40 Å². The van der Waals surface area contributed by atoms with Gasteiger partial charge in [0, 0.05) is 11.9 Å². The summed E-state index contributed by atoms with van der Waals surface area (Å²) in [6, 6.07) is 15.9. The smallest absolute Gasteiger partial charge is 0.261 e. The van der Waals surface area contributed by atoms with Crippen LogP contribution in [0, 0.1) is 0 Å². The van der Waals surface area contributed by atoms with Crippen molar-refractivity contribution in [1.29, 1.82) is 0 Å². The maximum atomic E-state index is 12.1. The first-order valence-electron chi connectivity index (χ1n) is 7.98. The lowest BCUT2D eigenvalue weighted by atomic mass is 10.3. The Labute approximate surface area is 158 Å². The van der Waals surface area contributed by atoms with Gasteiger partial charge in [0.15, 0.2) is 5.78 Å². The Hall–Kier alpha value is -3.52. The SMILES string of the molecule is CC(=O)c1nn(-c2cccc(Cl)c2)c2nc(O)c(N=Nc3ccccc3)n12. The van der Waals surface area contributed by atoms with Crippen molar-refractivity contribution in [3.63, 3.8) is 0 Å². The van der Waals surface area contributed by atoms with E-state index in [1.54, 1.807) is 36.4 Å². The number of hydrogen-bond donors (Lipinski definition) is 1. The summed E-state index contributed by atoms with van der Waals surface area (Å²) in [5.74, 6) is -0.353. The summed E-state index contributed by atoms with van der Waals surface area (Å²) in [5, 5.41) is 23.3. The maximum absolute atomic E-state index is 12.1. The standard InChI is InChI=1S/C18H13ClN6O2/c1-11(26)15-23-25(14-9-5-6-12(19)10-14)18-20-17(27)16(24(15)18)22-21-13-7-3-2-4-8-13/h2-10,27H,1H3. The number of fused-ring (bicyclic) bond motifs is 1. The van der Waals surface area contributed by atoms with Crippen molar-refractivity contribution in [3.8, 4) is 11.6 Å². The van der Waals surface area contributed by atoms with Crippen LogP contribution in [0.5, 0.6) is 5.88 Å². The number of nitrogens with zero attached hydrogens (tertiary/aromatic N) is 6. The van der Waals surface area contributed by atoms with E-state index < -0.39 is 0 Å². The molecule has 8 nitrogen and oxygen atoms in total.